The maximum absolute atomic E-state index is 12.0. The number of carbonyl (C=O) groups excluding carboxylic acids is 1. The van der Waals surface area contributed by atoms with Gasteiger partial charge >= 0.3 is 5.97 Å². The molecule has 1 aromatic carbocycles. The van der Waals surface area contributed by atoms with Crippen LogP contribution in [0, 0.1) is 0 Å². The fourth-order valence-electron chi connectivity index (χ4n) is 2.26. The summed E-state index contributed by atoms with van der Waals surface area (Å²) >= 11 is 0. The molecule has 0 aliphatic carbocycles. The van der Waals surface area contributed by atoms with Crippen molar-refractivity contribution in [2.24, 2.45) is 0 Å². The Balaban J connectivity index is 2.08. The number of aromatic nitrogens is 1. The van der Waals surface area contributed by atoms with Gasteiger partial charge < -0.3 is 24.9 Å². The Morgan fingerprint density at radius 2 is 2.04 bits per heavy atom. The molecule has 0 saturated heterocycles. The standard InChI is InChI=1S/C18H26N2O4/c1-11(2)19-9-13(21)10-23-17-7-5-6-15-14(17)8-16(20-15)18(22)24-12(3)4/h5-8,11-13,19-21H,9-10H2,1-4H3/t13-/m0/s1. The van der Waals surface area contributed by atoms with Crippen molar-refractivity contribution in [2.45, 2.75) is 45.9 Å². The molecule has 0 unspecified atom stereocenters. The molecule has 0 aliphatic rings. The monoisotopic (exact) mass is 334 g/mol. The van der Waals surface area contributed by atoms with Crippen LogP contribution < -0.4 is 10.1 Å². The lowest BCUT2D eigenvalue weighted by Gasteiger charge is -2.15. The molecule has 0 radical (unpaired) electrons. The summed E-state index contributed by atoms with van der Waals surface area (Å²) in [5.74, 6) is 0.226. The number of rotatable bonds is 8. The molecule has 2 aromatic rings. The summed E-state index contributed by atoms with van der Waals surface area (Å²) in [7, 11) is 0. The number of aliphatic hydroxyl groups is 1. The Hall–Kier alpha value is -2.05. The Kier molecular flexibility index (Phi) is 6.23. The minimum absolute atomic E-state index is 0.176. The third-order valence-electron chi connectivity index (χ3n) is 3.38. The summed E-state index contributed by atoms with van der Waals surface area (Å²) < 4.78 is 10.9. The Labute approximate surface area is 142 Å². The highest BCUT2D eigenvalue weighted by Gasteiger charge is 2.15. The maximum Gasteiger partial charge on any atom is 0.355 e. The van der Waals surface area contributed by atoms with E-state index in [0.717, 1.165) is 10.9 Å². The number of nitrogens with one attached hydrogen (secondary N) is 2. The summed E-state index contributed by atoms with van der Waals surface area (Å²) in [6.07, 6.45) is -0.782. The van der Waals surface area contributed by atoms with Crippen LogP contribution in [0.4, 0.5) is 0 Å². The molecule has 6 heteroatoms. The van der Waals surface area contributed by atoms with Gasteiger partial charge in [-0.2, -0.15) is 0 Å². The van der Waals surface area contributed by atoms with Crippen molar-refractivity contribution >= 4 is 16.9 Å². The van der Waals surface area contributed by atoms with Crippen LogP contribution in [-0.2, 0) is 4.74 Å². The molecule has 0 saturated carbocycles. The van der Waals surface area contributed by atoms with Gasteiger partial charge in [0.15, 0.2) is 0 Å². The van der Waals surface area contributed by atoms with Crippen LogP contribution in [-0.4, -0.2) is 47.5 Å². The summed E-state index contributed by atoms with van der Waals surface area (Å²) in [6, 6.07) is 7.54. The third kappa shape index (κ3) is 4.97. The van der Waals surface area contributed by atoms with Crippen LogP contribution in [0.1, 0.15) is 38.2 Å². The van der Waals surface area contributed by atoms with Gasteiger partial charge in [0.05, 0.1) is 6.10 Å². The minimum atomic E-state index is -0.605. The molecule has 6 nitrogen and oxygen atoms in total. The van der Waals surface area contributed by atoms with Gasteiger partial charge in [0, 0.05) is 23.5 Å². The van der Waals surface area contributed by atoms with Gasteiger partial charge in [-0.15, -0.1) is 0 Å². The minimum Gasteiger partial charge on any atom is -0.490 e. The van der Waals surface area contributed by atoms with Crippen molar-refractivity contribution in [3.63, 3.8) is 0 Å². The highest BCUT2D eigenvalue weighted by Crippen LogP contribution is 2.27. The van der Waals surface area contributed by atoms with Gasteiger partial charge in [-0.25, -0.2) is 4.79 Å². The Morgan fingerprint density at radius 3 is 2.71 bits per heavy atom. The summed E-state index contributed by atoms with van der Waals surface area (Å²) in [4.78, 5) is 15.0. The van der Waals surface area contributed by atoms with Crippen molar-refractivity contribution in [2.75, 3.05) is 13.2 Å². The fourth-order valence-corrected chi connectivity index (χ4v) is 2.26. The van der Waals surface area contributed by atoms with Crippen LogP contribution in [0.2, 0.25) is 0 Å². The first-order chi connectivity index (χ1) is 11.4. The molecule has 132 valence electrons. The zero-order chi connectivity index (χ0) is 17.7. The van der Waals surface area contributed by atoms with Crippen molar-refractivity contribution in [3.8, 4) is 5.75 Å². The first-order valence-corrected chi connectivity index (χ1v) is 8.23. The lowest BCUT2D eigenvalue weighted by molar-refractivity contribution is 0.0372. The van der Waals surface area contributed by atoms with E-state index in [1.165, 1.54) is 0 Å². The molecular weight excluding hydrogens is 308 g/mol. The van der Waals surface area contributed by atoms with E-state index in [2.05, 4.69) is 10.3 Å². The van der Waals surface area contributed by atoms with E-state index in [4.69, 9.17) is 9.47 Å². The SMILES string of the molecule is CC(C)NC[C@H](O)COc1cccc2[nH]c(C(=O)OC(C)C)cc12. The molecular formula is C18H26N2O4. The van der Waals surface area contributed by atoms with Gasteiger partial charge in [0.25, 0.3) is 0 Å². The van der Waals surface area contributed by atoms with Crippen LogP contribution in [0.25, 0.3) is 10.9 Å². The lowest BCUT2D eigenvalue weighted by Crippen LogP contribution is -2.35. The number of hydrogen-bond donors (Lipinski definition) is 3. The normalized spacial score (nSPS) is 12.8. The van der Waals surface area contributed by atoms with Crippen molar-refractivity contribution in [3.05, 3.63) is 30.0 Å². The maximum atomic E-state index is 12.0. The first kappa shape index (κ1) is 18.3. The summed E-state index contributed by atoms with van der Waals surface area (Å²) in [5.41, 5.74) is 1.18. The fraction of sp³-hybridized carbons (Fsp3) is 0.500. The smallest absolute Gasteiger partial charge is 0.355 e. The van der Waals surface area contributed by atoms with Gasteiger partial charge in [0.1, 0.15) is 24.2 Å². The molecule has 0 fully saturated rings. The molecule has 1 atom stereocenters. The van der Waals surface area contributed by atoms with Crippen LogP contribution in [0.5, 0.6) is 5.75 Å². The van der Waals surface area contributed by atoms with Crippen molar-refractivity contribution < 1.29 is 19.4 Å². The molecule has 0 aliphatic heterocycles. The van der Waals surface area contributed by atoms with Crippen LogP contribution in [0.15, 0.2) is 24.3 Å². The first-order valence-electron chi connectivity index (χ1n) is 8.23. The number of H-pyrrole nitrogens is 1. The van der Waals surface area contributed by atoms with Crippen molar-refractivity contribution in [1.29, 1.82) is 0 Å². The zero-order valence-corrected chi connectivity index (χ0v) is 14.6. The second-order valence-corrected chi connectivity index (χ2v) is 6.38. The Bertz CT molecular complexity index is 679. The van der Waals surface area contributed by atoms with Gasteiger partial charge in [-0.3, -0.25) is 0 Å². The topological polar surface area (TPSA) is 83.6 Å². The molecule has 2 rings (SSSR count). The van der Waals surface area contributed by atoms with E-state index < -0.39 is 12.1 Å². The van der Waals surface area contributed by atoms with E-state index in [0.29, 0.717) is 24.0 Å². The van der Waals surface area contributed by atoms with Gasteiger partial charge in [-0.1, -0.05) is 19.9 Å². The Morgan fingerprint density at radius 1 is 1.29 bits per heavy atom. The number of aromatic amines is 1. The van der Waals surface area contributed by atoms with E-state index >= 15 is 0 Å². The van der Waals surface area contributed by atoms with Crippen molar-refractivity contribution in [1.82, 2.24) is 10.3 Å². The van der Waals surface area contributed by atoms with E-state index in [9.17, 15) is 9.90 Å². The predicted octanol–water partition coefficient (Wildman–Crippen LogP) is 2.47. The van der Waals surface area contributed by atoms with Crippen LogP contribution in [0.3, 0.4) is 0 Å². The highest BCUT2D eigenvalue weighted by molar-refractivity contribution is 5.97. The number of ether oxygens (including phenoxy) is 2. The van der Waals surface area contributed by atoms with Gasteiger partial charge in [-0.05, 0) is 32.0 Å². The van der Waals surface area contributed by atoms with E-state index in [-0.39, 0.29) is 12.7 Å². The summed E-state index contributed by atoms with van der Waals surface area (Å²) in [6.45, 7) is 8.30. The second kappa shape index (κ2) is 8.17. The number of fused-ring (bicyclic) bond motifs is 1. The number of benzene rings is 1. The second-order valence-electron chi connectivity index (χ2n) is 6.38. The molecule has 1 heterocycles. The molecule has 0 spiro atoms. The molecule has 1 aromatic heterocycles. The van der Waals surface area contributed by atoms with E-state index in [1.807, 2.05) is 45.9 Å². The number of carbonyl (C=O) groups is 1. The number of aliphatic hydroxyl groups excluding tert-OH is 1. The zero-order valence-electron chi connectivity index (χ0n) is 14.6. The average Bonchev–Trinajstić information content (AvgIpc) is 2.95. The third-order valence-corrected chi connectivity index (χ3v) is 3.38. The van der Waals surface area contributed by atoms with Crippen LogP contribution >= 0.6 is 0 Å². The molecule has 0 amide bonds. The summed E-state index contributed by atoms with van der Waals surface area (Å²) in [5, 5.41) is 13.9. The lowest BCUT2D eigenvalue weighted by atomic mass is 10.2. The highest BCUT2D eigenvalue weighted by atomic mass is 16.5. The van der Waals surface area contributed by atoms with Gasteiger partial charge in [0.2, 0.25) is 0 Å². The largest absolute Gasteiger partial charge is 0.490 e. The molecule has 24 heavy (non-hydrogen) atoms. The quantitative estimate of drug-likeness (QED) is 0.646. The number of esters is 1. The number of hydrogen-bond acceptors (Lipinski definition) is 5. The van der Waals surface area contributed by atoms with E-state index in [1.54, 1.807) is 6.07 Å². The molecule has 0 bridgehead atoms. The average molecular weight is 334 g/mol. The predicted molar refractivity (Wildman–Crippen MR) is 93.5 cm³/mol. The molecule has 3 N–H and O–H groups in total.